The van der Waals surface area contributed by atoms with E-state index in [1.54, 1.807) is 33.5 Å². The lowest BCUT2D eigenvalue weighted by atomic mass is 9.71. The van der Waals surface area contributed by atoms with Gasteiger partial charge in [-0.1, -0.05) is 18.2 Å². The highest BCUT2D eigenvalue weighted by Gasteiger charge is 2.42. The summed E-state index contributed by atoms with van der Waals surface area (Å²) in [6.07, 6.45) is 0.910. The van der Waals surface area contributed by atoms with Gasteiger partial charge >= 0.3 is 5.97 Å². The Labute approximate surface area is 199 Å². The predicted octanol–water partition coefficient (Wildman–Crippen LogP) is 4.25. The minimum atomic E-state index is -0.639. The predicted molar refractivity (Wildman–Crippen MR) is 127 cm³/mol. The molecule has 0 spiro atoms. The van der Waals surface area contributed by atoms with E-state index in [2.05, 4.69) is 5.32 Å². The zero-order chi connectivity index (χ0) is 24.4. The summed E-state index contributed by atoms with van der Waals surface area (Å²) in [6.45, 7) is 1.83. The summed E-state index contributed by atoms with van der Waals surface area (Å²) in [6, 6.07) is 13.1. The summed E-state index contributed by atoms with van der Waals surface area (Å²) in [5.74, 6) is 0.713. The Kier molecular flexibility index (Phi) is 6.63. The molecule has 0 radical (unpaired) electrons. The van der Waals surface area contributed by atoms with Crippen LogP contribution in [0.5, 0.6) is 17.2 Å². The average Bonchev–Trinajstić information content (AvgIpc) is 2.86. The normalized spacial score (nSPS) is 19.9. The molecule has 0 bridgehead atoms. The summed E-state index contributed by atoms with van der Waals surface area (Å²) < 4.78 is 21.7. The lowest BCUT2D eigenvalue weighted by Gasteiger charge is -2.37. The van der Waals surface area contributed by atoms with Crippen molar-refractivity contribution in [2.45, 2.75) is 31.6 Å². The molecule has 0 unspecified atom stereocenters. The molecule has 0 saturated carbocycles. The Morgan fingerprint density at radius 1 is 0.912 bits per heavy atom. The highest BCUT2D eigenvalue weighted by molar-refractivity contribution is 6.04. The molecular weight excluding hydrogens is 434 g/mol. The van der Waals surface area contributed by atoms with Crippen LogP contribution in [-0.2, 0) is 14.3 Å². The van der Waals surface area contributed by atoms with Crippen LogP contribution in [0.1, 0.15) is 42.7 Å². The maximum Gasteiger partial charge on any atom is 0.336 e. The molecule has 2 aliphatic rings. The van der Waals surface area contributed by atoms with Crippen LogP contribution in [0.4, 0.5) is 0 Å². The standard InChI is InChI=1S/C27H29NO6/c1-15-24(27(30)34-5)25(19-14-17(31-2)10-11-23(19)33-4)26-20(28-15)12-16(13-21(26)29)18-8-6-7-9-22(18)32-3/h6-11,14,16,25,28H,12-13H2,1-5H3/t16-,25+/m1/s1. The molecule has 7 heteroatoms. The SMILES string of the molecule is COC(=O)C1=C(C)NC2=C(C(=O)C[C@H](c3ccccc3OC)C2)[C@H]1c1cc(OC)ccc1OC. The third-order valence-electron chi connectivity index (χ3n) is 6.56. The number of hydrogen-bond acceptors (Lipinski definition) is 7. The van der Waals surface area contributed by atoms with E-state index in [0.717, 1.165) is 17.0 Å². The largest absolute Gasteiger partial charge is 0.497 e. The minimum Gasteiger partial charge on any atom is -0.497 e. The molecule has 0 amide bonds. The molecular formula is C27H29NO6. The number of ketones is 1. The average molecular weight is 464 g/mol. The molecule has 0 fully saturated rings. The number of para-hydroxylation sites is 1. The minimum absolute atomic E-state index is 0.0339. The fourth-order valence-electron chi connectivity index (χ4n) is 5.02. The van der Waals surface area contributed by atoms with E-state index in [0.29, 0.717) is 46.7 Å². The van der Waals surface area contributed by atoms with Crippen molar-refractivity contribution in [1.29, 1.82) is 0 Å². The van der Waals surface area contributed by atoms with Gasteiger partial charge in [-0.3, -0.25) is 4.79 Å². The summed E-state index contributed by atoms with van der Waals surface area (Å²) >= 11 is 0. The second-order valence-electron chi connectivity index (χ2n) is 8.36. The first-order chi connectivity index (χ1) is 16.4. The number of benzene rings is 2. The third-order valence-corrected chi connectivity index (χ3v) is 6.56. The van der Waals surface area contributed by atoms with Crippen molar-refractivity contribution in [3.63, 3.8) is 0 Å². The van der Waals surface area contributed by atoms with Crippen molar-refractivity contribution in [2.24, 2.45) is 0 Å². The Morgan fingerprint density at radius 3 is 2.29 bits per heavy atom. The Bertz CT molecular complexity index is 1200. The van der Waals surface area contributed by atoms with Gasteiger partial charge in [0.15, 0.2) is 5.78 Å². The second kappa shape index (κ2) is 9.63. The van der Waals surface area contributed by atoms with Crippen molar-refractivity contribution < 1.29 is 28.5 Å². The summed E-state index contributed by atoms with van der Waals surface area (Å²) in [5.41, 5.74) is 4.06. The lowest BCUT2D eigenvalue weighted by Crippen LogP contribution is -2.36. The number of carbonyl (C=O) groups excluding carboxylic acids is 2. The van der Waals surface area contributed by atoms with E-state index in [1.165, 1.54) is 7.11 Å². The van der Waals surface area contributed by atoms with Gasteiger partial charge in [0.25, 0.3) is 0 Å². The van der Waals surface area contributed by atoms with E-state index in [9.17, 15) is 9.59 Å². The summed E-state index contributed by atoms with van der Waals surface area (Å²) in [7, 11) is 6.11. The number of Topliss-reactive ketones (excluding diaryl/α,β-unsaturated/α-hetero) is 1. The molecule has 1 N–H and O–H groups in total. The molecule has 2 aromatic carbocycles. The van der Waals surface area contributed by atoms with Gasteiger partial charge in [-0.2, -0.15) is 0 Å². The fraction of sp³-hybridized carbons (Fsp3) is 0.333. The van der Waals surface area contributed by atoms with Gasteiger partial charge < -0.3 is 24.3 Å². The van der Waals surface area contributed by atoms with E-state index in [4.69, 9.17) is 18.9 Å². The van der Waals surface area contributed by atoms with E-state index in [-0.39, 0.29) is 11.7 Å². The van der Waals surface area contributed by atoms with E-state index >= 15 is 0 Å². The molecule has 178 valence electrons. The molecule has 34 heavy (non-hydrogen) atoms. The third kappa shape index (κ3) is 4.02. The van der Waals surface area contributed by atoms with Gasteiger partial charge in [0.1, 0.15) is 17.2 Å². The molecule has 1 heterocycles. The monoisotopic (exact) mass is 463 g/mol. The van der Waals surface area contributed by atoms with Gasteiger partial charge in [0, 0.05) is 34.9 Å². The van der Waals surface area contributed by atoms with Crippen LogP contribution < -0.4 is 19.5 Å². The Balaban J connectivity index is 1.88. The quantitative estimate of drug-likeness (QED) is 0.642. The molecule has 0 aromatic heterocycles. The number of dihydropyridines is 1. The van der Waals surface area contributed by atoms with Crippen molar-refractivity contribution in [1.82, 2.24) is 5.32 Å². The fourth-order valence-corrected chi connectivity index (χ4v) is 5.02. The van der Waals surface area contributed by atoms with Gasteiger partial charge in [-0.05, 0) is 43.2 Å². The number of hydrogen-bond donors (Lipinski definition) is 1. The van der Waals surface area contributed by atoms with Crippen LogP contribution in [0.3, 0.4) is 0 Å². The topological polar surface area (TPSA) is 83.1 Å². The zero-order valence-electron chi connectivity index (χ0n) is 20.1. The molecule has 1 aliphatic heterocycles. The Morgan fingerprint density at radius 2 is 1.62 bits per heavy atom. The summed E-state index contributed by atoms with van der Waals surface area (Å²) in [5, 5.41) is 3.34. The number of carbonyl (C=O) groups is 2. The van der Waals surface area contributed by atoms with Crippen LogP contribution in [0.15, 0.2) is 65.0 Å². The van der Waals surface area contributed by atoms with Crippen LogP contribution in [0, 0.1) is 0 Å². The smallest absolute Gasteiger partial charge is 0.336 e. The Hall–Kier alpha value is -3.74. The first-order valence-electron chi connectivity index (χ1n) is 11.1. The molecule has 4 rings (SSSR count). The van der Waals surface area contributed by atoms with Crippen LogP contribution >= 0.6 is 0 Å². The van der Waals surface area contributed by atoms with Crippen molar-refractivity contribution in [3.05, 3.63) is 76.1 Å². The van der Waals surface area contributed by atoms with Gasteiger partial charge in [0.2, 0.25) is 0 Å². The van der Waals surface area contributed by atoms with Gasteiger partial charge in [-0.15, -0.1) is 0 Å². The lowest BCUT2D eigenvalue weighted by molar-refractivity contribution is -0.136. The first kappa shape index (κ1) is 23.4. The van der Waals surface area contributed by atoms with Crippen LogP contribution in [-0.4, -0.2) is 40.2 Å². The molecule has 2 atom stereocenters. The van der Waals surface area contributed by atoms with Crippen LogP contribution in [0.2, 0.25) is 0 Å². The second-order valence-corrected chi connectivity index (χ2v) is 8.36. The number of methoxy groups -OCH3 is 4. The maximum atomic E-state index is 13.7. The first-order valence-corrected chi connectivity index (χ1v) is 11.1. The number of rotatable bonds is 6. The van der Waals surface area contributed by atoms with Crippen molar-refractivity contribution >= 4 is 11.8 Å². The molecule has 1 aliphatic carbocycles. The van der Waals surface area contributed by atoms with Gasteiger partial charge in [0.05, 0.1) is 39.9 Å². The highest BCUT2D eigenvalue weighted by Crippen LogP contribution is 2.49. The highest BCUT2D eigenvalue weighted by atomic mass is 16.5. The maximum absolute atomic E-state index is 13.7. The van der Waals surface area contributed by atoms with Crippen molar-refractivity contribution in [3.8, 4) is 17.2 Å². The zero-order valence-corrected chi connectivity index (χ0v) is 20.1. The number of ether oxygens (including phenoxy) is 4. The van der Waals surface area contributed by atoms with Crippen LogP contribution in [0.25, 0.3) is 0 Å². The molecule has 2 aromatic rings. The number of nitrogens with one attached hydrogen (secondary N) is 1. The number of allylic oxidation sites excluding steroid dienone is 3. The molecule has 7 nitrogen and oxygen atoms in total. The molecule has 0 saturated heterocycles. The van der Waals surface area contributed by atoms with E-state index < -0.39 is 11.9 Å². The van der Waals surface area contributed by atoms with Crippen molar-refractivity contribution in [2.75, 3.05) is 28.4 Å². The van der Waals surface area contributed by atoms with Gasteiger partial charge in [-0.25, -0.2) is 4.79 Å². The van der Waals surface area contributed by atoms with E-state index in [1.807, 2.05) is 37.3 Å². The number of esters is 1. The summed E-state index contributed by atoms with van der Waals surface area (Å²) in [4.78, 5) is 26.7.